The van der Waals surface area contributed by atoms with Crippen LogP contribution in [0.25, 0.3) is 0 Å². The van der Waals surface area contributed by atoms with Crippen LogP contribution in [0.2, 0.25) is 0 Å². The molecule has 1 aliphatic carbocycles. The first-order chi connectivity index (χ1) is 6.98. The third-order valence-corrected chi connectivity index (χ3v) is 3.79. The molecule has 0 aliphatic heterocycles. The maximum atomic E-state index is 11.7. The molecule has 0 saturated heterocycles. The van der Waals surface area contributed by atoms with Crippen molar-refractivity contribution >= 4 is 5.91 Å². The van der Waals surface area contributed by atoms with Gasteiger partial charge in [0.15, 0.2) is 0 Å². The zero-order valence-electron chi connectivity index (χ0n) is 10.0. The van der Waals surface area contributed by atoms with Crippen molar-refractivity contribution in [2.75, 3.05) is 6.54 Å². The van der Waals surface area contributed by atoms with Gasteiger partial charge < -0.3 is 10.4 Å². The Morgan fingerprint density at radius 2 is 2.07 bits per heavy atom. The highest BCUT2D eigenvalue weighted by Gasteiger charge is 2.35. The largest absolute Gasteiger partial charge is 0.388 e. The molecule has 1 fully saturated rings. The number of hydrogen-bond acceptors (Lipinski definition) is 2. The second-order valence-electron chi connectivity index (χ2n) is 4.97. The molecule has 2 atom stereocenters. The lowest BCUT2D eigenvalue weighted by Gasteiger charge is -2.37. The number of aliphatic hydroxyl groups is 1. The third-order valence-electron chi connectivity index (χ3n) is 3.79. The van der Waals surface area contributed by atoms with E-state index in [1.807, 2.05) is 6.92 Å². The average molecular weight is 213 g/mol. The molecule has 1 saturated carbocycles. The Hall–Kier alpha value is -0.570. The first-order valence-corrected chi connectivity index (χ1v) is 5.98. The predicted molar refractivity (Wildman–Crippen MR) is 60.4 cm³/mol. The first kappa shape index (κ1) is 12.5. The van der Waals surface area contributed by atoms with Gasteiger partial charge in [0, 0.05) is 12.5 Å². The molecule has 0 spiro atoms. The molecule has 0 aromatic rings. The molecule has 88 valence electrons. The van der Waals surface area contributed by atoms with E-state index in [1.165, 1.54) is 0 Å². The quantitative estimate of drug-likeness (QED) is 0.730. The van der Waals surface area contributed by atoms with Crippen LogP contribution in [0.4, 0.5) is 0 Å². The molecule has 2 N–H and O–H groups in total. The Bertz CT molecular complexity index is 224. The van der Waals surface area contributed by atoms with Crippen LogP contribution < -0.4 is 5.32 Å². The minimum absolute atomic E-state index is 0.0404. The summed E-state index contributed by atoms with van der Waals surface area (Å²) in [5.41, 5.74) is -0.606. The summed E-state index contributed by atoms with van der Waals surface area (Å²) in [6.45, 7) is 6.55. The van der Waals surface area contributed by atoms with E-state index in [9.17, 15) is 9.90 Å². The summed E-state index contributed by atoms with van der Waals surface area (Å²) < 4.78 is 0. The maximum Gasteiger partial charge on any atom is 0.223 e. The van der Waals surface area contributed by atoms with Crippen LogP contribution in [0.15, 0.2) is 0 Å². The van der Waals surface area contributed by atoms with Crippen molar-refractivity contribution in [3.8, 4) is 0 Å². The second-order valence-corrected chi connectivity index (χ2v) is 4.97. The Morgan fingerprint density at radius 1 is 1.47 bits per heavy atom. The van der Waals surface area contributed by atoms with Crippen LogP contribution in [0.3, 0.4) is 0 Å². The van der Waals surface area contributed by atoms with Crippen LogP contribution in [0.1, 0.15) is 46.5 Å². The third kappa shape index (κ3) is 3.20. The van der Waals surface area contributed by atoms with Crippen LogP contribution in [0.5, 0.6) is 0 Å². The van der Waals surface area contributed by atoms with Gasteiger partial charge in [0.1, 0.15) is 0 Å². The van der Waals surface area contributed by atoms with Crippen molar-refractivity contribution in [1.29, 1.82) is 0 Å². The molecule has 0 aromatic heterocycles. The van der Waals surface area contributed by atoms with E-state index >= 15 is 0 Å². The maximum absolute atomic E-state index is 11.7. The van der Waals surface area contributed by atoms with Gasteiger partial charge in [-0.2, -0.15) is 0 Å². The number of nitrogens with one attached hydrogen (secondary N) is 1. The fourth-order valence-corrected chi connectivity index (χ4v) is 1.79. The molecule has 1 aliphatic rings. The Kier molecular flexibility index (Phi) is 4.14. The summed E-state index contributed by atoms with van der Waals surface area (Å²) >= 11 is 0. The Balaban J connectivity index is 2.29. The van der Waals surface area contributed by atoms with Crippen LogP contribution >= 0.6 is 0 Å². The number of amides is 1. The minimum Gasteiger partial charge on any atom is -0.388 e. The molecule has 1 rings (SSSR count). The highest BCUT2D eigenvalue weighted by molar-refractivity contribution is 5.78. The standard InChI is InChI=1S/C12H23NO2/c1-4-9(2)10(3)11(14)13-8-12(15)6-5-7-12/h9-10,15H,4-8H2,1-3H3,(H,13,14). The van der Waals surface area contributed by atoms with Gasteiger partial charge in [-0.25, -0.2) is 0 Å². The van der Waals surface area contributed by atoms with Gasteiger partial charge in [-0.05, 0) is 25.2 Å². The van der Waals surface area contributed by atoms with Gasteiger partial charge in [-0.15, -0.1) is 0 Å². The summed E-state index contributed by atoms with van der Waals surface area (Å²) in [6.07, 6.45) is 3.74. The molecule has 0 radical (unpaired) electrons. The van der Waals surface area contributed by atoms with Crippen molar-refractivity contribution in [3.05, 3.63) is 0 Å². The van der Waals surface area contributed by atoms with E-state index < -0.39 is 5.60 Å². The van der Waals surface area contributed by atoms with Crippen molar-refractivity contribution in [2.24, 2.45) is 11.8 Å². The van der Waals surface area contributed by atoms with Gasteiger partial charge >= 0.3 is 0 Å². The zero-order valence-corrected chi connectivity index (χ0v) is 10.0. The topological polar surface area (TPSA) is 49.3 Å². The molecule has 0 aromatic carbocycles. The van der Waals surface area contributed by atoms with Crippen molar-refractivity contribution in [3.63, 3.8) is 0 Å². The van der Waals surface area contributed by atoms with Crippen LogP contribution in [-0.4, -0.2) is 23.2 Å². The normalized spacial score (nSPS) is 22.7. The van der Waals surface area contributed by atoms with Crippen molar-refractivity contribution < 1.29 is 9.90 Å². The van der Waals surface area contributed by atoms with Gasteiger partial charge in [0.25, 0.3) is 0 Å². The SMILES string of the molecule is CCC(C)C(C)C(=O)NCC1(O)CCC1. The van der Waals surface area contributed by atoms with Crippen LogP contribution in [-0.2, 0) is 4.79 Å². The van der Waals surface area contributed by atoms with E-state index in [-0.39, 0.29) is 11.8 Å². The van der Waals surface area contributed by atoms with Gasteiger partial charge in [0.05, 0.1) is 5.60 Å². The molecule has 0 heterocycles. The number of carbonyl (C=O) groups excluding carboxylic acids is 1. The first-order valence-electron chi connectivity index (χ1n) is 5.98. The molecule has 3 nitrogen and oxygen atoms in total. The molecule has 15 heavy (non-hydrogen) atoms. The Morgan fingerprint density at radius 3 is 2.47 bits per heavy atom. The van der Waals surface area contributed by atoms with Crippen molar-refractivity contribution in [1.82, 2.24) is 5.32 Å². The lowest BCUT2D eigenvalue weighted by atomic mass is 9.80. The van der Waals surface area contributed by atoms with Gasteiger partial charge in [0.2, 0.25) is 5.91 Å². The second kappa shape index (κ2) is 4.97. The number of carbonyl (C=O) groups is 1. The summed E-state index contributed by atoms with van der Waals surface area (Å²) in [5, 5.41) is 12.7. The van der Waals surface area contributed by atoms with E-state index in [2.05, 4.69) is 19.2 Å². The highest BCUT2D eigenvalue weighted by Crippen LogP contribution is 2.30. The summed E-state index contributed by atoms with van der Waals surface area (Å²) in [5.74, 6) is 0.518. The van der Waals surface area contributed by atoms with E-state index in [1.54, 1.807) is 0 Å². The predicted octanol–water partition coefficient (Wildman–Crippen LogP) is 1.70. The molecular formula is C12H23NO2. The minimum atomic E-state index is -0.606. The molecule has 2 unspecified atom stereocenters. The number of hydrogen-bond donors (Lipinski definition) is 2. The number of rotatable bonds is 5. The monoisotopic (exact) mass is 213 g/mol. The molecule has 3 heteroatoms. The molecule has 1 amide bonds. The van der Waals surface area contributed by atoms with E-state index in [4.69, 9.17) is 0 Å². The lowest BCUT2D eigenvalue weighted by Crippen LogP contribution is -2.49. The molecule has 0 bridgehead atoms. The smallest absolute Gasteiger partial charge is 0.223 e. The highest BCUT2D eigenvalue weighted by atomic mass is 16.3. The lowest BCUT2D eigenvalue weighted by molar-refractivity contribution is -0.128. The average Bonchev–Trinajstić information content (AvgIpc) is 2.20. The summed E-state index contributed by atoms with van der Waals surface area (Å²) in [6, 6.07) is 0. The van der Waals surface area contributed by atoms with E-state index in [0.29, 0.717) is 12.5 Å². The van der Waals surface area contributed by atoms with Crippen LogP contribution in [0, 0.1) is 11.8 Å². The van der Waals surface area contributed by atoms with Gasteiger partial charge in [-0.3, -0.25) is 4.79 Å². The van der Waals surface area contributed by atoms with Crippen molar-refractivity contribution in [2.45, 2.75) is 52.1 Å². The molecular weight excluding hydrogens is 190 g/mol. The summed E-state index contributed by atoms with van der Waals surface area (Å²) in [4.78, 5) is 11.7. The fourth-order valence-electron chi connectivity index (χ4n) is 1.79. The fraction of sp³-hybridized carbons (Fsp3) is 0.917. The zero-order chi connectivity index (χ0) is 11.5. The Labute approximate surface area is 92.3 Å². The van der Waals surface area contributed by atoms with Gasteiger partial charge in [-0.1, -0.05) is 27.2 Å². The van der Waals surface area contributed by atoms with E-state index in [0.717, 1.165) is 25.7 Å². The summed E-state index contributed by atoms with van der Waals surface area (Å²) in [7, 11) is 0.